The van der Waals surface area contributed by atoms with Gasteiger partial charge in [0.1, 0.15) is 0 Å². The number of carbonyl (C=O) groups excluding carboxylic acids is 1. The average Bonchev–Trinajstić information content (AvgIpc) is 3.14. The number of hydrogen-bond acceptors (Lipinski definition) is 4. The van der Waals surface area contributed by atoms with Crippen LogP contribution in [0.3, 0.4) is 0 Å². The Morgan fingerprint density at radius 2 is 1.81 bits per heavy atom. The Morgan fingerprint density at radius 1 is 1.15 bits per heavy atom. The van der Waals surface area contributed by atoms with Gasteiger partial charge in [0.25, 0.3) is 0 Å². The fourth-order valence-electron chi connectivity index (χ4n) is 3.66. The number of ether oxygens (including phenoxy) is 1. The van der Waals surface area contributed by atoms with Crippen LogP contribution in [0.15, 0.2) is 23.1 Å². The first-order chi connectivity index (χ1) is 12.8. The second kappa shape index (κ2) is 9.69. The van der Waals surface area contributed by atoms with E-state index < -0.39 is 14.6 Å². The number of hydrogen-bond donors (Lipinski definition) is 1. The van der Waals surface area contributed by atoms with E-state index in [0.29, 0.717) is 42.9 Å². The molecule has 5 nitrogen and oxygen atoms in total. The molecule has 0 radical (unpaired) electrons. The van der Waals surface area contributed by atoms with Gasteiger partial charge >= 0.3 is 0 Å². The molecule has 1 fully saturated rings. The molecule has 6 heteroatoms. The molecule has 1 saturated carbocycles. The normalized spacial score (nSPS) is 16.4. The Kier molecular flexibility index (Phi) is 7.86. The third-order valence-corrected chi connectivity index (χ3v) is 8.01. The number of unbranched alkanes of at least 4 members (excludes halogenated alkanes) is 1. The first-order valence-electron chi connectivity index (χ1n) is 10.0. The van der Waals surface area contributed by atoms with Gasteiger partial charge in [-0.3, -0.25) is 4.79 Å². The van der Waals surface area contributed by atoms with Crippen molar-refractivity contribution in [2.24, 2.45) is 0 Å². The molecular weight excluding hydrogens is 362 g/mol. The van der Waals surface area contributed by atoms with E-state index in [2.05, 4.69) is 12.2 Å². The Balaban J connectivity index is 2.10. The summed E-state index contributed by atoms with van der Waals surface area (Å²) in [5, 5.41) is 2.87. The molecule has 27 heavy (non-hydrogen) atoms. The highest BCUT2D eigenvalue weighted by molar-refractivity contribution is 7.93. The van der Waals surface area contributed by atoms with Crippen LogP contribution in [0.5, 0.6) is 0 Å². The van der Waals surface area contributed by atoms with Crippen LogP contribution in [0.25, 0.3) is 0 Å². The van der Waals surface area contributed by atoms with Gasteiger partial charge in [-0.05, 0) is 56.7 Å². The molecule has 0 spiro atoms. The van der Waals surface area contributed by atoms with E-state index >= 15 is 0 Å². The summed E-state index contributed by atoms with van der Waals surface area (Å²) < 4.78 is 31.1. The summed E-state index contributed by atoms with van der Waals surface area (Å²) in [6.45, 7) is 7.53. The summed E-state index contributed by atoms with van der Waals surface area (Å²) in [6.07, 6.45) is 5.12. The molecule has 2 rings (SSSR count). The fourth-order valence-corrected chi connectivity index (χ4v) is 6.05. The number of sulfone groups is 1. The summed E-state index contributed by atoms with van der Waals surface area (Å²) in [4.78, 5) is 13.3. The van der Waals surface area contributed by atoms with Gasteiger partial charge in [0.05, 0.1) is 4.90 Å². The molecule has 0 bridgehead atoms. The maximum Gasteiger partial charge on any atom is 0.241 e. The van der Waals surface area contributed by atoms with Crippen molar-refractivity contribution in [2.45, 2.75) is 75.4 Å². The van der Waals surface area contributed by atoms with Crippen molar-refractivity contribution in [3.63, 3.8) is 0 Å². The third-order valence-electron chi connectivity index (χ3n) is 5.37. The zero-order chi connectivity index (χ0) is 19.9. The minimum atomic E-state index is -3.75. The third kappa shape index (κ3) is 4.91. The van der Waals surface area contributed by atoms with E-state index in [4.69, 9.17) is 4.74 Å². The van der Waals surface area contributed by atoms with Gasteiger partial charge in [0, 0.05) is 19.8 Å². The summed E-state index contributed by atoms with van der Waals surface area (Å²) in [5.74, 6) is -0.352. The molecule has 0 unspecified atom stereocenters. The Hall–Kier alpha value is -1.40. The molecule has 1 aromatic rings. The molecule has 1 aromatic carbocycles. The first kappa shape index (κ1) is 21.9. The zero-order valence-corrected chi connectivity index (χ0v) is 17.7. The number of benzene rings is 1. The monoisotopic (exact) mass is 395 g/mol. The molecule has 1 aliphatic carbocycles. The summed E-state index contributed by atoms with van der Waals surface area (Å²) >= 11 is 0. The standard InChI is InChI=1S/C21H33NO4S/c1-4-5-14-26-15-8-13-22-20(23)21(11-6-7-12-21)27(24,25)19-16-17(2)9-10-18(19)3/h9-10,16H,4-8,11-15H2,1-3H3,(H,22,23). The molecule has 0 atom stereocenters. The smallest absolute Gasteiger partial charge is 0.241 e. The molecule has 1 aliphatic rings. The van der Waals surface area contributed by atoms with Crippen molar-refractivity contribution in [3.05, 3.63) is 29.3 Å². The van der Waals surface area contributed by atoms with Crippen LogP contribution in [0.4, 0.5) is 0 Å². The Labute approximate surface area is 163 Å². The number of rotatable bonds is 10. The van der Waals surface area contributed by atoms with Crippen LogP contribution < -0.4 is 5.32 Å². The molecule has 1 amide bonds. The van der Waals surface area contributed by atoms with Crippen LogP contribution in [0.1, 0.15) is 63.0 Å². The topological polar surface area (TPSA) is 72.5 Å². The molecular formula is C21H33NO4S. The van der Waals surface area contributed by atoms with Crippen molar-refractivity contribution in [2.75, 3.05) is 19.8 Å². The van der Waals surface area contributed by atoms with Crippen LogP contribution in [-0.4, -0.2) is 38.8 Å². The minimum Gasteiger partial charge on any atom is -0.381 e. The molecule has 0 heterocycles. The summed E-state index contributed by atoms with van der Waals surface area (Å²) in [6, 6.07) is 5.41. The predicted octanol–water partition coefficient (Wildman–Crippen LogP) is 3.71. The second-order valence-corrected chi connectivity index (χ2v) is 9.78. The largest absolute Gasteiger partial charge is 0.381 e. The average molecular weight is 396 g/mol. The fraction of sp³-hybridized carbons (Fsp3) is 0.667. The lowest BCUT2D eigenvalue weighted by Gasteiger charge is -2.28. The maximum atomic E-state index is 13.5. The van der Waals surface area contributed by atoms with Crippen LogP contribution >= 0.6 is 0 Å². The van der Waals surface area contributed by atoms with Gasteiger partial charge < -0.3 is 10.1 Å². The highest BCUT2D eigenvalue weighted by Gasteiger charge is 2.53. The first-order valence-corrected chi connectivity index (χ1v) is 11.5. The summed E-state index contributed by atoms with van der Waals surface area (Å²) in [5.41, 5.74) is 1.58. The van der Waals surface area contributed by atoms with E-state index in [0.717, 1.165) is 37.9 Å². The summed E-state index contributed by atoms with van der Waals surface area (Å²) in [7, 11) is -3.75. The second-order valence-electron chi connectivity index (χ2n) is 7.55. The molecule has 0 aliphatic heterocycles. The van der Waals surface area contributed by atoms with E-state index in [9.17, 15) is 13.2 Å². The lowest BCUT2D eigenvalue weighted by molar-refractivity contribution is -0.123. The number of carbonyl (C=O) groups is 1. The van der Waals surface area contributed by atoms with E-state index in [1.54, 1.807) is 13.0 Å². The van der Waals surface area contributed by atoms with E-state index in [-0.39, 0.29) is 5.91 Å². The van der Waals surface area contributed by atoms with Crippen LogP contribution in [0, 0.1) is 13.8 Å². The zero-order valence-electron chi connectivity index (χ0n) is 16.8. The van der Waals surface area contributed by atoms with Gasteiger partial charge in [-0.25, -0.2) is 8.42 Å². The number of nitrogens with one attached hydrogen (secondary N) is 1. The van der Waals surface area contributed by atoms with Crippen molar-refractivity contribution in [1.29, 1.82) is 0 Å². The van der Waals surface area contributed by atoms with E-state index in [1.807, 2.05) is 19.1 Å². The van der Waals surface area contributed by atoms with Crippen molar-refractivity contribution in [1.82, 2.24) is 5.32 Å². The van der Waals surface area contributed by atoms with Crippen molar-refractivity contribution < 1.29 is 17.9 Å². The molecule has 152 valence electrons. The Bertz CT molecular complexity index is 737. The number of aryl methyl sites for hydroxylation is 2. The molecule has 0 saturated heterocycles. The maximum absolute atomic E-state index is 13.5. The van der Waals surface area contributed by atoms with Gasteiger partial charge in [0.15, 0.2) is 14.6 Å². The van der Waals surface area contributed by atoms with Crippen LogP contribution in [-0.2, 0) is 19.4 Å². The van der Waals surface area contributed by atoms with Gasteiger partial charge in [-0.2, -0.15) is 0 Å². The lowest BCUT2D eigenvalue weighted by Crippen LogP contribution is -2.51. The lowest BCUT2D eigenvalue weighted by atomic mass is 10.1. The van der Waals surface area contributed by atoms with Gasteiger partial charge in [-0.15, -0.1) is 0 Å². The quantitative estimate of drug-likeness (QED) is 0.613. The van der Waals surface area contributed by atoms with Gasteiger partial charge in [0.2, 0.25) is 5.91 Å². The SMILES string of the molecule is CCCCOCCCNC(=O)C1(S(=O)(=O)c2cc(C)ccc2C)CCCC1. The number of amides is 1. The highest BCUT2D eigenvalue weighted by atomic mass is 32.2. The van der Waals surface area contributed by atoms with Crippen LogP contribution in [0.2, 0.25) is 0 Å². The Morgan fingerprint density at radius 3 is 2.48 bits per heavy atom. The molecule has 1 N–H and O–H groups in total. The molecule has 0 aromatic heterocycles. The van der Waals surface area contributed by atoms with E-state index in [1.165, 1.54) is 0 Å². The van der Waals surface area contributed by atoms with Crippen molar-refractivity contribution >= 4 is 15.7 Å². The predicted molar refractivity (Wildman–Crippen MR) is 108 cm³/mol. The van der Waals surface area contributed by atoms with Gasteiger partial charge in [-0.1, -0.05) is 38.3 Å². The minimum absolute atomic E-state index is 0.294. The highest BCUT2D eigenvalue weighted by Crippen LogP contribution is 2.41. The van der Waals surface area contributed by atoms with Crippen molar-refractivity contribution in [3.8, 4) is 0 Å².